The number of thioether (sulfide) groups is 1. The van der Waals surface area contributed by atoms with Crippen molar-refractivity contribution in [3.63, 3.8) is 0 Å². The lowest BCUT2D eigenvalue weighted by atomic mass is 9.92. The second kappa shape index (κ2) is 6.37. The summed E-state index contributed by atoms with van der Waals surface area (Å²) in [6.45, 7) is 4.15. The molecule has 1 aliphatic carbocycles. The van der Waals surface area contributed by atoms with E-state index >= 15 is 0 Å². The zero-order valence-electron chi connectivity index (χ0n) is 12.3. The summed E-state index contributed by atoms with van der Waals surface area (Å²) in [5.74, 6) is 1.59. The van der Waals surface area contributed by atoms with Gasteiger partial charge in [0.2, 0.25) is 5.91 Å². The number of hydrogen-bond donors (Lipinski definition) is 1. The van der Waals surface area contributed by atoms with Crippen LogP contribution in [0.1, 0.15) is 45.4 Å². The molecule has 2 atom stereocenters. The summed E-state index contributed by atoms with van der Waals surface area (Å²) in [7, 11) is 0. The van der Waals surface area contributed by atoms with Gasteiger partial charge < -0.3 is 10.2 Å². The second-order valence-corrected chi connectivity index (χ2v) is 7.35. The van der Waals surface area contributed by atoms with Crippen molar-refractivity contribution in [1.29, 1.82) is 0 Å². The summed E-state index contributed by atoms with van der Waals surface area (Å²) in [5, 5.41) is 4.50. The van der Waals surface area contributed by atoms with Gasteiger partial charge in [-0.05, 0) is 31.6 Å². The number of nitrogens with zero attached hydrogens (tertiary/aromatic N) is 2. The molecule has 0 aromatic rings. The summed E-state index contributed by atoms with van der Waals surface area (Å²) >= 11 is 1.60. The van der Waals surface area contributed by atoms with Gasteiger partial charge in [0.15, 0.2) is 5.17 Å². The fraction of sp³-hybridized carbons (Fsp3) is 0.867. The van der Waals surface area contributed by atoms with Gasteiger partial charge in [-0.2, -0.15) is 0 Å². The summed E-state index contributed by atoms with van der Waals surface area (Å²) in [5.41, 5.74) is 0. The molecule has 2 unspecified atom stereocenters. The van der Waals surface area contributed by atoms with Gasteiger partial charge >= 0.3 is 0 Å². The SMILES string of the molecule is CC1CCN(C(=O)CSC2=NC3CCCCC3N2)CC1. The van der Waals surface area contributed by atoms with Gasteiger partial charge in [-0.1, -0.05) is 31.5 Å². The minimum Gasteiger partial charge on any atom is -0.360 e. The first-order valence-corrected chi connectivity index (χ1v) is 8.96. The van der Waals surface area contributed by atoms with Crippen LogP contribution in [0.15, 0.2) is 4.99 Å². The highest BCUT2D eigenvalue weighted by Gasteiger charge is 2.31. The first-order valence-electron chi connectivity index (χ1n) is 7.97. The van der Waals surface area contributed by atoms with E-state index in [1.165, 1.54) is 25.7 Å². The zero-order valence-corrected chi connectivity index (χ0v) is 13.1. The smallest absolute Gasteiger partial charge is 0.233 e. The van der Waals surface area contributed by atoms with Crippen LogP contribution >= 0.6 is 11.8 Å². The van der Waals surface area contributed by atoms with Gasteiger partial charge in [0, 0.05) is 13.1 Å². The third-order valence-corrected chi connectivity index (χ3v) is 5.68. The van der Waals surface area contributed by atoms with Crippen LogP contribution in [0.4, 0.5) is 0 Å². The monoisotopic (exact) mass is 295 g/mol. The molecule has 4 nitrogen and oxygen atoms in total. The first kappa shape index (κ1) is 14.2. The molecule has 1 saturated carbocycles. The average molecular weight is 295 g/mol. The first-order chi connectivity index (χ1) is 9.72. The Morgan fingerprint density at radius 1 is 1.30 bits per heavy atom. The topological polar surface area (TPSA) is 44.7 Å². The number of hydrogen-bond acceptors (Lipinski definition) is 4. The van der Waals surface area contributed by atoms with Crippen molar-refractivity contribution in [2.24, 2.45) is 10.9 Å². The van der Waals surface area contributed by atoms with Crippen LogP contribution in [-0.4, -0.2) is 46.9 Å². The molecule has 20 heavy (non-hydrogen) atoms. The number of carbonyl (C=O) groups excluding carboxylic acids is 1. The van der Waals surface area contributed by atoms with Crippen LogP contribution in [0, 0.1) is 5.92 Å². The van der Waals surface area contributed by atoms with Crippen molar-refractivity contribution < 1.29 is 4.79 Å². The maximum atomic E-state index is 12.2. The minimum atomic E-state index is 0.279. The fourth-order valence-corrected chi connectivity index (χ4v) is 4.23. The van der Waals surface area contributed by atoms with E-state index in [0.717, 1.165) is 37.0 Å². The third kappa shape index (κ3) is 3.30. The molecule has 2 fully saturated rings. The van der Waals surface area contributed by atoms with E-state index < -0.39 is 0 Å². The van der Waals surface area contributed by atoms with E-state index in [9.17, 15) is 4.79 Å². The third-order valence-electron chi connectivity index (χ3n) is 4.79. The molecule has 3 aliphatic rings. The molecule has 2 aliphatic heterocycles. The molecule has 3 rings (SSSR count). The van der Waals surface area contributed by atoms with E-state index in [1.807, 2.05) is 4.90 Å². The van der Waals surface area contributed by atoms with Crippen molar-refractivity contribution >= 4 is 22.8 Å². The largest absolute Gasteiger partial charge is 0.360 e. The molecule has 0 aromatic heterocycles. The molecule has 5 heteroatoms. The number of aliphatic imine (C=N–C) groups is 1. The maximum absolute atomic E-state index is 12.2. The van der Waals surface area contributed by atoms with Gasteiger partial charge in [-0.3, -0.25) is 9.79 Å². The Kier molecular flexibility index (Phi) is 4.54. The number of rotatable bonds is 2. The molecule has 112 valence electrons. The van der Waals surface area contributed by atoms with Gasteiger partial charge in [0.1, 0.15) is 0 Å². The highest BCUT2D eigenvalue weighted by atomic mass is 32.2. The zero-order chi connectivity index (χ0) is 13.9. The molecule has 1 saturated heterocycles. The standard InChI is InChI=1S/C15H25N3OS/c1-11-6-8-18(9-7-11)14(19)10-20-15-16-12-4-2-3-5-13(12)17-15/h11-13H,2-10H2,1H3,(H,16,17). The number of fused-ring (bicyclic) bond motifs is 1. The molecule has 0 bridgehead atoms. The number of likely N-dealkylation sites (tertiary alicyclic amines) is 1. The lowest BCUT2D eigenvalue weighted by Crippen LogP contribution is -2.39. The van der Waals surface area contributed by atoms with E-state index in [-0.39, 0.29) is 5.91 Å². The van der Waals surface area contributed by atoms with Crippen LogP contribution < -0.4 is 5.32 Å². The normalized spacial score (nSPS) is 30.6. The van der Waals surface area contributed by atoms with Gasteiger partial charge in [0.05, 0.1) is 17.8 Å². The molecule has 0 aromatic carbocycles. The quantitative estimate of drug-likeness (QED) is 0.850. The Morgan fingerprint density at radius 2 is 2.05 bits per heavy atom. The lowest BCUT2D eigenvalue weighted by molar-refractivity contribution is -0.129. The average Bonchev–Trinajstić information content (AvgIpc) is 2.88. The summed E-state index contributed by atoms with van der Waals surface area (Å²) < 4.78 is 0. The van der Waals surface area contributed by atoms with Gasteiger partial charge in [0.25, 0.3) is 0 Å². The fourth-order valence-electron chi connectivity index (χ4n) is 3.34. The lowest BCUT2D eigenvalue weighted by Gasteiger charge is -2.30. The van der Waals surface area contributed by atoms with E-state index in [2.05, 4.69) is 12.2 Å². The maximum Gasteiger partial charge on any atom is 0.233 e. The number of amidine groups is 1. The van der Waals surface area contributed by atoms with Gasteiger partial charge in [-0.15, -0.1) is 0 Å². The Morgan fingerprint density at radius 3 is 2.80 bits per heavy atom. The van der Waals surface area contributed by atoms with E-state index in [1.54, 1.807) is 11.8 Å². The van der Waals surface area contributed by atoms with Crippen molar-refractivity contribution in [1.82, 2.24) is 10.2 Å². The van der Waals surface area contributed by atoms with Crippen LogP contribution in [0.2, 0.25) is 0 Å². The Hall–Kier alpha value is -0.710. The molecule has 0 spiro atoms. The van der Waals surface area contributed by atoms with Crippen LogP contribution in [0.3, 0.4) is 0 Å². The van der Waals surface area contributed by atoms with Crippen LogP contribution in [0.5, 0.6) is 0 Å². The predicted molar refractivity (Wildman–Crippen MR) is 84.1 cm³/mol. The molecule has 1 amide bonds. The summed E-state index contributed by atoms with van der Waals surface area (Å²) in [6, 6.07) is 1.01. The number of piperidine rings is 1. The highest BCUT2D eigenvalue weighted by molar-refractivity contribution is 8.14. The molecular formula is C15H25N3OS. The number of nitrogens with one attached hydrogen (secondary N) is 1. The van der Waals surface area contributed by atoms with E-state index in [4.69, 9.17) is 4.99 Å². The van der Waals surface area contributed by atoms with Crippen molar-refractivity contribution in [2.45, 2.75) is 57.5 Å². The van der Waals surface area contributed by atoms with Crippen molar-refractivity contribution in [3.05, 3.63) is 0 Å². The number of carbonyl (C=O) groups is 1. The Balaban J connectivity index is 1.44. The summed E-state index contributed by atoms with van der Waals surface area (Å²) in [4.78, 5) is 19.0. The van der Waals surface area contributed by atoms with Crippen LogP contribution in [-0.2, 0) is 4.79 Å². The van der Waals surface area contributed by atoms with Crippen molar-refractivity contribution in [3.8, 4) is 0 Å². The van der Waals surface area contributed by atoms with Crippen LogP contribution in [0.25, 0.3) is 0 Å². The minimum absolute atomic E-state index is 0.279. The molecule has 2 heterocycles. The Bertz CT molecular complexity index is 391. The molecule has 1 N–H and O–H groups in total. The van der Waals surface area contributed by atoms with Crippen molar-refractivity contribution in [2.75, 3.05) is 18.8 Å². The predicted octanol–water partition coefficient (Wildman–Crippen LogP) is 2.25. The molecule has 0 radical (unpaired) electrons. The van der Waals surface area contributed by atoms with Gasteiger partial charge in [-0.25, -0.2) is 0 Å². The van der Waals surface area contributed by atoms with E-state index in [0.29, 0.717) is 17.8 Å². The Labute approximate surface area is 125 Å². The number of amides is 1. The highest BCUT2D eigenvalue weighted by Crippen LogP contribution is 2.27. The summed E-state index contributed by atoms with van der Waals surface area (Å²) in [6.07, 6.45) is 7.36. The second-order valence-electron chi connectivity index (χ2n) is 6.39. The molecular weight excluding hydrogens is 270 g/mol.